The summed E-state index contributed by atoms with van der Waals surface area (Å²) in [5.74, 6) is 0.897. The molecule has 5 heteroatoms. The first-order valence-electron chi connectivity index (χ1n) is 7.23. The maximum atomic E-state index is 6.06. The first-order valence-corrected chi connectivity index (χ1v) is 8.00. The summed E-state index contributed by atoms with van der Waals surface area (Å²) >= 11 is 1.46. The molecule has 114 valence electrons. The number of para-hydroxylation sites is 1. The molecule has 0 aliphatic carbocycles. The van der Waals surface area contributed by atoms with Crippen molar-refractivity contribution in [3.05, 3.63) is 35.7 Å². The Morgan fingerprint density at radius 1 is 1.24 bits per heavy atom. The molecule has 0 atom stereocenters. The number of nitrogens with zero attached hydrogens (tertiary/aromatic N) is 3. The zero-order valence-electron chi connectivity index (χ0n) is 13.4. The van der Waals surface area contributed by atoms with E-state index in [1.54, 1.807) is 0 Å². The van der Waals surface area contributed by atoms with E-state index in [2.05, 4.69) is 50.0 Å². The van der Waals surface area contributed by atoms with Gasteiger partial charge >= 0.3 is 0 Å². The average molecular weight is 304 g/mol. The van der Waals surface area contributed by atoms with Gasteiger partial charge in [-0.15, -0.1) is 0 Å². The number of rotatable bonds is 4. The minimum Gasteiger partial charge on any atom is -0.398 e. The highest BCUT2D eigenvalue weighted by Crippen LogP contribution is 2.28. The molecule has 0 unspecified atom stereocenters. The summed E-state index contributed by atoms with van der Waals surface area (Å²) in [6, 6.07) is 8.32. The Bertz CT molecular complexity index is 598. The van der Waals surface area contributed by atoms with Crippen LogP contribution < -0.4 is 10.6 Å². The molecule has 1 aromatic heterocycles. The Balaban J connectivity index is 2.28. The van der Waals surface area contributed by atoms with E-state index in [4.69, 9.17) is 10.7 Å². The lowest BCUT2D eigenvalue weighted by molar-refractivity contribution is 0.552. The lowest BCUT2D eigenvalue weighted by atomic mass is 9.96. The SMILES string of the molecule is CC(C)N(Cc1ccccc1N)c1nc(C(C)(C)C)ns1. The molecule has 21 heavy (non-hydrogen) atoms. The fourth-order valence-electron chi connectivity index (χ4n) is 1.97. The summed E-state index contributed by atoms with van der Waals surface area (Å²) in [7, 11) is 0. The number of nitrogen functional groups attached to an aromatic ring is 1. The third kappa shape index (κ3) is 3.73. The molecular formula is C16H24N4S. The smallest absolute Gasteiger partial charge is 0.205 e. The molecule has 0 spiro atoms. The summed E-state index contributed by atoms with van der Waals surface area (Å²) in [5, 5.41) is 0.957. The van der Waals surface area contributed by atoms with Gasteiger partial charge in [-0.25, -0.2) is 4.98 Å². The van der Waals surface area contributed by atoms with Gasteiger partial charge in [0.1, 0.15) is 5.82 Å². The second-order valence-electron chi connectivity index (χ2n) is 6.57. The number of hydrogen-bond donors (Lipinski definition) is 1. The lowest BCUT2D eigenvalue weighted by Crippen LogP contribution is -2.30. The number of hydrogen-bond acceptors (Lipinski definition) is 5. The van der Waals surface area contributed by atoms with E-state index >= 15 is 0 Å². The second kappa shape index (κ2) is 6.02. The Morgan fingerprint density at radius 3 is 2.43 bits per heavy atom. The highest BCUT2D eigenvalue weighted by atomic mass is 32.1. The third-order valence-corrected chi connectivity index (χ3v) is 4.10. The zero-order valence-corrected chi connectivity index (χ0v) is 14.2. The molecule has 0 fully saturated rings. The standard InChI is InChI=1S/C16H24N4S/c1-11(2)20(10-12-8-6-7-9-13(12)17)15-18-14(19-21-15)16(3,4)5/h6-9,11H,10,17H2,1-5H3. The summed E-state index contributed by atoms with van der Waals surface area (Å²) in [6.07, 6.45) is 0. The van der Waals surface area contributed by atoms with Crippen molar-refractivity contribution in [2.75, 3.05) is 10.6 Å². The van der Waals surface area contributed by atoms with E-state index in [-0.39, 0.29) is 5.41 Å². The monoisotopic (exact) mass is 304 g/mol. The van der Waals surface area contributed by atoms with Gasteiger partial charge in [0.25, 0.3) is 0 Å². The number of aromatic nitrogens is 2. The predicted octanol–water partition coefficient (Wildman–Crippen LogP) is 3.83. The Kier molecular flexibility index (Phi) is 4.52. The minimum absolute atomic E-state index is 0.0246. The number of nitrogens with two attached hydrogens (primary N) is 1. The fourth-order valence-corrected chi connectivity index (χ4v) is 2.96. The Hall–Kier alpha value is -1.62. The number of benzene rings is 1. The van der Waals surface area contributed by atoms with Crippen molar-refractivity contribution in [3.8, 4) is 0 Å². The van der Waals surface area contributed by atoms with Crippen LogP contribution in [0.5, 0.6) is 0 Å². The van der Waals surface area contributed by atoms with Gasteiger partial charge in [-0.3, -0.25) is 0 Å². The lowest BCUT2D eigenvalue weighted by Gasteiger charge is -2.26. The van der Waals surface area contributed by atoms with Crippen LogP contribution in [-0.2, 0) is 12.0 Å². The van der Waals surface area contributed by atoms with E-state index in [0.717, 1.165) is 28.8 Å². The van der Waals surface area contributed by atoms with Gasteiger partial charge in [0.15, 0.2) is 0 Å². The molecule has 2 rings (SSSR count). The van der Waals surface area contributed by atoms with Crippen LogP contribution in [0.1, 0.15) is 46.0 Å². The molecule has 4 nitrogen and oxygen atoms in total. The van der Waals surface area contributed by atoms with Gasteiger partial charge < -0.3 is 10.6 Å². The zero-order chi connectivity index (χ0) is 15.6. The first kappa shape index (κ1) is 15.8. The van der Waals surface area contributed by atoms with Crippen molar-refractivity contribution < 1.29 is 0 Å². The van der Waals surface area contributed by atoms with E-state index in [9.17, 15) is 0 Å². The normalized spacial score (nSPS) is 11.9. The van der Waals surface area contributed by atoms with Crippen LogP contribution in [0.2, 0.25) is 0 Å². The van der Waals surface area contributed by atoms with E-state index in [1.807, 2.05) is 18.2 Å². The fraction of sp³-hybridized carbons (Fsp3) is 0.500. The van der Waals surface area contributed by atoms with Gasteiger partial charge in [0, 0.05) is 35.2 Å². The Morgan fingerprint density at radius 2 is 1.90 bits per heavy atom. The van der Waals surface area contributed by atoms with Gasteiger partial charge in [-0.05, 0) is 25.5 Å². The molecule has 2 aromatic rings. The van der Waals surface area contributed by atoms with Crippen LogP contribution in [0, 0.1) is 0 Å². The largest absolute Gasteiger partial charge is 0.398 e. The maximum Gasteiger partial charge on any atom is 0.205 e. The highest BCUT2D eigenvalue weighted by Gasteiger charge is 2.23. The highest BCUT2D eigenvalue weighted by molar-refractivity contribution is 7.09. The first-order chi connectivity index (χ1) is 9.79. The van der Waals surface area contributed by atoms with Crippen LogP contribution in [0.25, 0.3) is 0 Å². The van der Waals surface area contributed by atoms with Crippen molar-refractivity contribution in [2.45, 2.75) is 52.6 Å². The molecule has 2 N–H and O–H groups in total. The third-order valence-electron chi connectivity index (χ3n) is 3.35. The van der Waals surface area contributed by atoms with E-state index in [0.29, 0.717) is 6.04 Å². The molecular weight excluding hydrogens is 280 g/mol. The van der Waals surface area contributed by atoms with Crippen molar-refractivity contribution in [1.82, 2.24) is 9.36 Å². The van der Waals surface area contributed by atoms with E-state index in [1.165, 1.54) is 11.5 Å². The van der Waals surface area contributed by atoms with Crippen molar-refractivity contribution in [2.24, 2.45) is 0 Å². The van der Waals surface area contributed by atoms with E-state index < -0.39 is 0 Å². The van der Waals surface area contributed by atoms with Gasteiger partial charge in [-0.1, -0.05) is 39.0 Å². The van der Waals surface area contributed by atoms with Crippen molar-refractivity contribution in [3.63, 3.8) is 0 Å². The number of anilines is 2. The molecule has 0 saturated carbocycles. The summed E-state index contributed by atoms with van der Waals surface area (Å²) in [4.78, 5) is 6.97. The summed E-state index contributed by atoms with van der Waals surface area (Å²) < 4.78 is 4.51. The topological polar surface area (TPSA) is 55.0 Å². The van der Waals surface area contributed by atoms with Crippen molar-refractivity contribution >= 4 is 22.4 Å². The molecule has 0 bridgehead atoms. The molecule has 0 aliphatic heterocycles. The van der Waals surface area contributed by atoms with Gasteiger partial charge in [0.05, 0.1) is 0 Å². The summed E-state index contributed by atoms with van der Waals surface area (Å²) in [6.45, 7) is 11.5. The second-order valence-corrected chi connectivity index (χ2v) is 7.30. The maximum absolute atomic E-state index is 6.06. The minimum atomic E-state index is -0.0246. The van der Waals surface area contributed by atoms with Crippen LogP contribution in [0.15, 0.2) is 24.3 Å². The molecule has 1 heterocycles. The molecule has 0 amide bonds. The predicted molar refractivity (Wildman–Crippen MR) is 90.8 cm³/mol. The molecule has 0 radical (unpaired) electrons. The van der Waals surface area contributed by atoms with Crippen molar-refractivity contribution in [1.29, 1.82) is 0 Å². The molecule has 0 saturated heterocycles. The molecule has 1 aromatic carbocycles. The van der Waals surface area contributed by atoms with Crippen LogP contribution in [0.3, 0.4) is 0 Å². The Labute approximate surface area is 131 Å². The molecule has 0 aliphatic rings. The van der Waals surface area contributed by atoms with Crippen LogP contribution in [0.4, 0.5) is 10.8 Å². The van der Waals surface area contributed by atoms with Crippen LogP contribution >= 0.6 is 11.5 Å². The summed E-state index contributed by atoms with van der Waals surface area (Å²) in [5.41, 5.74) is 7.98. The average Bonchev–Trinajstić information content (AvgIpc) is 2.86. The van der Waals surface area contributed by atoms with Crippen LogP contribution in [-0.4, -0.2) is 15.4 Å². The van der Waals surface area contributed by atoms with Gasteiger partial charge in [0.2, 0.25) is 5.13 Å². The van der Waals surface area contributed by atoms with Gasteiger partial charge in [-0.2, -0.15) is 4.37 Å². The quantitative estimate of drug-likeness (QED) is 0.872.